The van der Waals surface area contributed by atoms with Gasteiger partial charge < -0.3 is 5.32 Å². The Hall–Kier alpha value is -0.730. The van der Waals surface area contributed by atoms with Gasteiger partial charge in [-0.1, -0.05) is 16.3 Å². The van der Waals surface area contributed by atoms with E-state index in [1.54, 1.807) is 18.1 Å². The molecule has 0 fully saturated rings. The predicted octanol–water partition coefficient (Wildman–Crippen LogP) is 2.11. The van der Waals surface area contributed by atoms with Crippen LogP contribution in [0.4, 0.5) is 5.00 Å². The van der Waals surface area contributed by atoms with E-state index in [0.29, 0.717) is 0 Å². The van der Waals surface area contributed by atoms with Crippen LogP contribution in [0.15, 0.2) is 10.7 Å². The van der Waals surface area contributed by atoms with E-state index in [-0.39, 0.29) is 0 Å². The van der Waals surface area contributed by atoms with Crippen molar-refractivity contribution >= 4 is 39.8 Å². The molecule has 2 heterocycles. The van der Waals surface area contributed by atoms with E-state index in [4.69, 9.17) is 0 Å². The Balaban J connectivity index is 1.95. The lowest BCUT2D eigenvalue weighted by Crippen LogP contribution is -1.97. The first-order valence-corrected chi connectivity index (χ1v) is 6.88. The highest BCUT2D eigenvalue weighted by molar-refractivity contribution is 8.00. The van der Waals surface area contributed by atoms with Crippen LogP contribution in [0.3, 0.4) is 0 Å². The molecule has 0 amide bonds. The van der Waals surface area contributed by atoms with E-state index in [9.17, 15) is 0 Å². The number of rotatable bonds is 5. The monoisotopic (exact) mass is 259 g/mol. The Morgan fingerprint density at radius 2 is 2.40 bits per heavy atom. The second-order valence-corrected chi connectivity index (χ2v) is 5.33. The fraction of sp³-hybridized carbons (Fsp3) is 0.429. The van der Waals surface area contributed by atoms with Crippen LogP contribution in [-0.2, 0) is 5.75 Å². The molecule has 0 spiro atoms. The van der Waals surface area contributed by atoms with Crippen molar-refractivity contribution in [1.82, 2.24) is 18.9 Å². The first kappa shape index (κ1) is 10.8. The Kier molecular flexibility index (Phi) is 3.87. The Morgan fingerprint density at radius 1 is 1.47 bits per heavy atom. The number of anilines is 1. The van der Waals surface area contributed by atoms with Gasteiger partial charge in [0.15, 0.2) is 4.34 Å². The Morgan fingerprint density at radius 3 is 3.13 bits per heavy atom. The largest absolute Gasteiger partial charge is 0.374 e. The van der Waals surface area contributed by atoms with Crippen LogP contribution in [0.2, 0.25) is 0 Å². The maximum atomic E-state index is 4.10. The molecule has 0 aliphatic heterocycles. The van der Waals surface area contributed by atoms with Crippen LogP contribution in [0.1, 0.15) is 12.6 Å². The van der Waals surface area contributed by atoms with Crippen molar-refractivity contribution in [2.24, 2.45) is 0 Å². The van der Waals surface area contributed by atoms with Gasteiger partial charge in [0.05, 0.1) is 0 Å². The second-order valence-electron chi connectivity index (χ2n) is 2.57. The van der Waals surface area contributed by atoms with Gasteiger partial charge in [-0.15, -0.1) is 5.10 Å². The molecule has 8 heteroatoms. The standard InChI is InChI=1S/C7H9N5S3/c1-2-8-6-5(11-12-14-6)3-13-7-9-4-10-15-7/h4,8H,2-3H2,1H3. The lowest BCUT2D eigenvalue weighted by Gasteiger charge is -1.99. The molecular weight excluding hydrogens is 250 g/mol. The van der Waals surface area contributed by atoms with E-state index < -0.39 is 0 Å². The van der Waals surface area contributed by atoms with Crippen molar-refractivity contribution < 1.29 is 0 Å². The van der Waals surface area contributed by atoms with Gasteiger partial charge in [-0.3, -0.25) is 0 Å². The normalized spacial score (nSPS) is 10.5. The lowest BCUT2D eigenvalue weighted by molar-refractivity contribution is 1.07. The summed E-state index contributed by atoms with van der Waals surface area (Å²) in [4.78, 5) is 4.10. The zero-order valence-corrected chi connectivity index (χ0v) is 10.5. The molecule has 80 valence electrons. The van der Waals surface area contributed by atoms with E-state index in [1.165, 1.54) is 23.1 Å². The van der Waals surface area contributed by atoms with E-state index >= 15 is 0 Å². The predicted molar refractivity (Wildman–Crippen MR) is 63.5 cm³/mol. The Bertz CT molecular complexity index is 398. The van der Waals surface area contributed by atoms with Crippen LogP contribution in [0.25, 0.3) is 0 Å². The molecular formula is C7H9N5S3. The Labute approximate surface area is 99.7 Å². The van der Waals surface area contributed by atoms with Crippen LogP contribution in [0.5, 0.6) is 0 Å². The molecule has 2 aromatic heterocycles. The van der Waals surface area contributed by atoms with Gasteiger partial charge in [0, 0.05) is 23.8 Å². The molecule has 0 unspecified atom stereocenters. The highest BCUT2D eigenvalue weighted by Gasteiger charge is 2.08. The molecule has 0 saturated heterocycles. The molecule has 0 saturated carbocycles. The number of thioether (sulfide) groups is 1. The average Bonchev–Trinajstić information content (AvgIpc) is 2.85. The number of aromatic nitrogens is 4. The van der Waals surface area contributed by atoms with Crippen molar-refractivity contribution in [1.29, 1.82) is 0 Å². The molecule has 2 rings (SSSR count). The second kappa shape index (κ2) is 5.38. The minimum atomic E-state index is 0.786. The van der Waals surface area contributed by atoms with E-state index in [2.05, 4.69) is 31.2 Å². The summed E-state index contributed by atoms with van der Waals surface area (Å²) in [6, 6.07) is 0. The molecule has 0 atom stereocenters. The molecule has 0 aromatic carbocycles. The van der Waals surface area contributed by atoms with Gasteiger partial charge in [-0.05, 0) is 18.5 Å². The third-order valence-electron chi connectivity index (χ3n) is 1.57. The highest BCUT2D eigenvalue weighted by Crippen LogP contribution is 2.27. The fourth-order valence-electron chi connectivity index (χ4n) is 0.955. The third-order valence-corrected chi connectivity index (χ3v) is 4.10. The first-order valence-electron chi connectivity index (χ1n) is 4.34. The topological polar surface area (TPSA) is 63.6 Å². The third kappa shape index (κ3) is 2.86. The molecule has 0 aliphatic rings. The minimum absolute atomic E-state index is 0.786. The summed E-state index contributed by atoms with van der Waals surface area (Å²) < 4.78 is 8.83. The molecule has 1 N–H and O–H groups in total. The number of nitrogens with zero attached hydrogens (tertiary/aromatic N) is 4. The summed E-state index contributed by atoms with van der Waals surface area (Å²) in [5.41, 5.74) is 0.988. The van der Waals surface area contributed by atoms with Crippen molar-refractivity contribution in [3.63, 3.8) is 0 Å². The van der Waals surface area contributed by atoms with Gasteiger partial charge in [0.25, 0.3) is 0 Å². The smallest absolute Gasteiger partial charge is 0.170 e. The fourth-order valence-corrected chi connectivity index (χ4v) is 3.07. The summed E-state index contributed by atoms with van der Waals surface area (Å²) in [7, 11) is 0. The number of hydrogen-bond donors (Lipinski definition) is 1. The van der Waals surface area contributed by atoms with Crippen molar-refractivity contribution in [3.05, 3.63) is 12.0 Å². The average molecular weight is 259 g/mol. The molecule has 0 radical (unpaired) electrons. The number of nitrogens with one attached hydrogen (secondary N) is 1. The quantitative estimate of drug-likeness (QED) is 0.830. The molecule has 0 bridgehead atoms. The lowest BCUT2D eigenvalue weighted by atomic mass is 10.5. The van der Waals surface area contributed by atoms with Gasteiger partial charge >= 0.3 is 0 Å². The first-order chi connectivity index (χ1) is 7.40. The summed E-state index contributed by atoms with van der Waals surface area (Å²) in [6.07, 6.45) is 1.57. The van der Waals surface area contributed by atoms with Gasteiger partial charge in [-0.25, -0.2) is 4.98 Å². The minimum Gasteiger partial charge on any atom is -0.374 e. The van der Waals surface area contributed by atoms with Crippen LogP contribution < -0.4 is 5.32 Å². The van der Waals surface area contributed by atoms with Crippen molar-refractivity contribution in [2.75, 3.05) is 11.9 Å². The summed E-state index contributed by atoms with van der Waals surface area (Å²) in [5, 5.41) is 8.36. The van der Waals surface area contributed by atoms with Gasteiger partial charge in [0.1, 0.15) is 17.0 Å². The van der Waals surface area contributed by atoms with Crippen molar-refractivity contribution in [3.8, 4) is 0 Å². The molecule has 5 nitrogen and oxygen atoms in total. The number of hydrogen-bond acceptors (Lipinski definition) is 8. The maximum Gasteiger partial charge on any atom is 0.170 e. The summed E-state index contributed by atoms with van der Waals surface area (Å²) in [5.74, 6) is 0.786. The highest BCUT2D eigenvalue weighted by atomic mass is 32.2. The molecule has 0 aliphatic carbocycles. The molecule has 2 aromatic rings. The summed E-state index contributed by atoms with van der Waals surface area (Å²) >= 11 is 4.43. The van der Waals surface area contributed by atoms with Gasteiger partial charge in [-0.2, -0.15) is 4.37 Å². The summed E-state index contributed by atoms with van der Waals surface area (Å²) in [6.45, 7) is 2.95. The van der Waals surface area contributed by atoms with Crippen molar-refractivity contribution in [2.45, 2.75) is 17.0 Å². The van der Waals surface area contributed by atoms with Crippen LogP contribution >= 0.6 is 34.8 Å². The molecule has 15 heavy (non-hydrogen) atoms. The van der Waals surface area contributed by atoms with Crippen LogP contribution in [0, 0.1) is 0 Å². The van der Waals surface area contributed by atoms with Crippen LogP contribution in [-0.4, -0.2) is 25.5 Å². The van der Waals surface area contributed by atoms with Gasteiger partial charge in [0.2, 0.25) is 0 Å². The van der Waals surface area contributed by atoms with E-state index in [0.717, 1.165) is 27.3 Å². The van der Waals surface area contributed by atoms with E-state index in [1.807, 2.05) is 0 Å². The SMILES string of the molecule is CCNc1snnc1CSc1ncns1. The zero-order valence-electron chi connectivity index (χ0n) is 8.01. The zero-order chi connectivity index (χ0) is 10.5. The maximum absolute atomic E-state index is 4.10.